The molecular weight excluding hydrogens is 235 g/mol. The summed E-state index contributed by atoms with van der Waals surface area (Å²) in [4.78, 5) is 0. The summed E-state index contributed by atoms with van der Waals surface area (Å²) in [5, 5.41) is 3.19. The summed E-state index contributed by atoms with van der Waals surface area (Å²) in [6, 6.07) is 0. The van der Waals surface area contributed by atoms with E-state index in [1.54, 1.807) is 0 Å². The quantitative estimate of drug-likeness (QED) is 0.826. The highest BCUT2D eigenvalue weighted by Gasteiger charge is 2.27. The van der Waals surface area contributed by atoms with Crippen LogP contribution in [0.3, 0.4) is 0 Å². The molecule has 1 aliphatic rings. The number of hydrogen-bond donors (Lipinski definition) is 1. The Labute approximate surface area is 92.6 Å². The monoisotopic (exact) mass is 249 g/mol. The van der Waals surface area contributed by atoms with Gasteiger partial charge >= 0.3 is 6.18 Å². The first-order chi connectivity index (χ1) is 6.08. The molecule has 1 aliphatic heterocycles. The van der Waals surface area contributed by atoms with Crippen LogP contribution >= 0.6 is 24.2 Å². The van der Waals surface area contributed by atoms with Gasteiger partial charge in [-0.3, -0.25) is 0 Å². The number of halogens is 4. The molecule has 1 saturated heterocycles. The molecule has 0 aromatic heterocycles. The number of alkyl halides is 3. The zero-order valence-electron chi connectivity index (χ0n) is 7.77. The molecule has 1 nitrogen and oxygen atoms in total. The van der Waals surface area contributed by atoms with E-state index in [-0.39, 0.29) is 12.4 Å². The highest BCUT2D eigenvalue weighted by molar-refractivity contribution is 7.99. The van der Waals surface area contributed by atoms with Crippen LogP contribution in [0.1, 0.15) is 12.8 Å². The fourth-order valence-electron chi connectivity index (χ4n) is 1.39. The van der Waals surface area contributed by atoms with Crippen LogP contribution in [0.2, 0.25) is 0 Å². The Morgan fingerprint density at radius 1 is 1.21 bits per heavy atom. The van der Waals surface area contributed by atoms with Crippen molar-refractivity contribution in [2.75, 3.05) is 24.6 Å². The molecule has 14 heavy (non-hydrogen) atoms. The summed E-state index contributed by atoms with van der Waals surface area (Å²) < 4.78 is 35.3. The van der Waals surface area contributed by atoms with Crippen molar-refractivity contribution in [3.05, 3.63) is 0 Å². The highest BCUT2D eigenvalue weighted by Crippen LogP contribution is 2.24. The lowest BCUT2D eigenvalue weighted by atomic mass is 10.0. The minimum Gasteiger partial charge on any atom is -0.317 e. The maximum atomic E-state index is 11.8. The topological polar surface area (TPSA) is 12.0 Å². The van der Waals surface area contributed by atoms with Crippen molar-refractivity contribution < 1.29 is 13.2 Å². The zero-order valence-corrected chi connectivity index (χ0v) is 9.40. The molecule has 1 heterocycles. The normalized spacial score (nSPS) is 19.1. The van der Waals surface area contributed by atoms with Crippen molar-refractivity contribution in [1.82, 2.24) is 5.32 Å². The van der Waals surface area contributed by atoms with E-state index in [2.05, 4.69) is 5.32 Å². The van der Waals surface area contributed by atoms with Gasteiger partial charge in [0.2, 0.25) is 0 Å². The number of thioether (sulfide) groups is 1. The smallest absolute Gasteiger partial charge is 0.317 e. The van der Waals surface area contributed by atoms with Crippen molar-refractivity contribution in [2.45, 2.75) is 19.0 Å². The summed E-state index contributed by atoms with van der Waals surface area (Å²) in [6.45, 7) is 1.91. The van der Waals surface area contributed by atoms with E-state index in [0.29, 0.717) is 11.7 Å². The van der Waals surface area contributed by atoms with Gasteiger partial charge in [0, 0.05) is 0 Å². The molecule has 0 spiro atoms. The van der Waals surface area contributed by atoms with Gasteiger partial charge < -0.3 is 5.32 Å². The highest BCUT2D eigenvalue weighted by atomic mass is 35.5. The lowest BCUT2D eigenvalue weighted by Crippen LogP contribution is -2.29. The van der Waals surface area contributed by atoms with Crippen LogP contribution in [-0.4, -0.2) is 30.8 Å². The van der Waals surface area contributed by atoms with E-state index in [1.165, 1.54) is 0 Å². The number of rotatable bonds is 3. The van der Waals surface area contributed by atoms with Crippen molar-refractivity contribution >= 4 is 24.2 Å². The molecule has 86 valence electrons. The molecule has 1 N–H and O–H groups in total. The summed E-state index contributed by atoms with van der Waals surface area (Å²) in [7, 11) is 0. The molecular formula is C8H15ClF3NS. The van der Waals surface area contributed by atoms with E-state index >= 15 is 0 Å². The second-order valence-electron chi connectivity index (χ2n) is 3.32. The molecule has 1 rings (SSSR count). The van der Waals surface area contributed by atoms with Crippen molar-refractivity contribution in [3.8, 4) is 0 Å². The molecule has 0 aliphatic carbocycles. The Morgan fingerprint density at radius 2 is 1.79 bits per heavy atom. The first-order valence-electron chi connectivity index (χ1n) is 4.43. The van der Waals surface area contributed by atoms with Crippen molar-refractivity contribution in [2.24, 2.45) is 5.92 Å². The predicted molar refractivity (Wildman–Crippen MR) is 56.2 cm³/mol. The SMILES string of the molecule is Cl.FC(F)(F)CSCC1CCNCC1. The maximum absolute atomic E-state index is 11.8. The standard InChI is InChI=1S/C8H14F3NS.ClH/c9-8(10,11)6-13-5-7-1-3-12-4-2-7;/h7,12H,1-6H2;1H. The summed E-state index contributed by atoms with van der Waals surface area (Å²) in [5.74, 6) is 0.437. The largest absolute Gasteiger partial charge is 0.397 e. The second-order valence-corrected chi connectivity index (χ2v) is 4.35. The van der Waals surface area contributed by atoms with Gasteiger partial charge in [-0.2, -0.15) is 24.9 Å². The van der Waals surface area contributed by atoms with Gasteiger partial charge in [-0.15, -0.1) is 12.4 Å². The summed E-state index contributed by atoms with van der Waals surface area (Å²) in [6.07, 6.45) is -1.96. The third kappa shape index (κ3) is 6.79. The fourth-order valence-corrected chi connectivity index (χ4v) is 2.41. The van der Waals surface area contributed by atoms with Crippen LogP contribution in [0.25, 0.3) is 0 Å². The van der Waals surface area contributed by atoms with E-state index < -0.39 is 11.9 Å². The number of piperidine rings is 1. The molecule has 6 heteroatoms. The molecule has 1 fully saturated rings. The van der Waals surface area contributed by atoms with Crippen LogP contribution in [0.5, 0.6) is 0 Å². The van der Waals surface area contributed by atoms with Crippen LogP contribution < -0.4 is 5.32 Å². The van der Waals surface area contributed by atoms with E-state index in [9.17, 15) is 13.2 Å². The van der Waals surface area contributed by atoms with Crippen LogP contribution in [0.4, 0.5) is 13.2 Å². The fraction of sp³-hybridized carbons (Fsp3) is 1.00. The minimum absolute atomic E-state index is 0. The molecule has 0 atom stereocenters. The Morgan fingerprint density at radius 3 is 2.29 bits per heavy atom. The number of hydrogen-bond acceptors (Lipinski definition) is 2. The Balaban J connectivity index is 0.00000169. The molecule has 0 aromatic rings. The summed E-state index contributed by atoms with van der Waals surface area (Å²) >= 11 is 1.01. The van der Waals surface area contributed by atoms with E-state index in [4.69, 9.17) is 0 Å². The van der Waals surface area contributed by atoms with Gasteiger partial charge in [-0.05, 0) is 37.6 Å². The van der Waals surface area contributed by atoms with Crippen molar-refractivity contribution in [3.63, 3.8) is 0 Å². The average molecular weight is 250 g/mol. The molecule has 0 unspecified atom stereocenters. The molecule has 0 radical (unpaired) electrons. The summed E-state index contributed by atoms with van der Waals surface area (Å²) in [5.41, 5.74) is 0. The van der Waals surface area contributed by atoms with Gasteiger partial charge in [0.15, 0.2) is 0 Å². The van der Waals surface area contributed by atoms with Gasteiger partial charge in [0.05, 0.1) is 5.75 Å². The van der Waals surface area contributed by atoms with Gasteiger partial charge in [0.25, 0.3) is 0 Å². The Hall–Kier alpha value is 0.390. The average Bonchev–Trinajstić information content (AvgIpc) is 2.04. The first kappa shape index (κ1) is 14.4. The van der Waals surface area contributed by atoms with Crippen LogP contribution in [-0.2, 0) is 0 Å². The van der Waals surface area contributed by atoms with Crippen LogP contribution in [0.15, 0.2) is 0 Å². The van der Waals surface area contributed by atoms with Crippen molar-refractivity contribution in [1.29, 1.82) is 0 Å². The first-order valence-corrected chi connectivity index (χ1v) is 5.58. The Kier molecular flexibility index (Phi) is 6.99. The second kappa shape index (κ2) is 6.80. The predicted octanol–water partition coefficient (Wildman–Crippen LogP) is 2.70. The van der Waals surface area contributed by atoms with Gasteiger partial charge in [0.1, 0.15) is 0 Å². The number of nitrogens with one attached hydrogen (secondary N) is 1. The molecule has 0 aromatic carbocycles. The third-order valence-electron chi connectivity index (χ3n) is 2.08. The van der Waals surface area contributed by atoms with Crippen LogP contribution in [0, 0.1) is 5.92 Å². The van der Waals surface area contributed by atoms with Gasteiger partial charge in [-0.25, -0.2) is 0 Å². The third-order valence-corrected chi connectivity index (χ3v) is 3.32. The molecule has 0 amide bonds. The van der Waals surface area contributed by atoms with E-state index in [1.807, 2.05) is 0 Å². The lowest BCUT2D eigenvalue weighted by Gasteiger charge is -2.22. The molecule has 0 bridgehead atoms. The minimum atomic E-state index is -4.00. The molecule has 0 saturated carbocycles. The van der Waals surface area contributed by atoms with E-state index in [0.717, 1.165) is 37.7 Å². The maximum Gasteiger partial charge on any atom is 0.397 e. The zero-order chi connectivity index (χ0) is 9.73. The Bertz CT molecular complexity index is 148. The lowest BCUT2D eigenvalue weighted by molar-refractivity contribution is -0.105. The van der Waals surface area contributed by atoms with Gasteiger partial charge in [-0.1, -0.05) is 0 Å².